The molecular formula is C41H73NO8P+. The van der Waals surface area contributed by atoms with Crippen LogP contribution in [0.1, 0.15) is 136 Å². The summed E-state index contributed by atoms with van der Waals surface area (Å²) in [6.07, 6.45) is 38.4. The number of phosphoric ester groups is 1. The largest absolute Gasteiger partial charge is 0.472 e. The molecular weight excluding hydrogens is 665 g/mol. The summed E-state index contributed by atoms with van der Waals surface area (Å²) in [7, 11) is 1.44. The van der Waals surface area contributed by atoms with Crippen molar-refractivity contribution in [1.29, 1.82) is 0 Å². The van der Waals surface area contributed by atoms with E-state index in [2.05, 4.69) is 44.2 Å². The smallest absolute Gasteiger partial charge is 0.462 e. The van der Waals surface area contributed by atoms with E-state index in [0.29, 0.717) is 23.9 Å². The standard InChI is InChI=1S/C41H72NO8P/c1-6-8-10-12-14-16-18-20-21-22-24-25-27-29-31-33-40(43)47-37-39(38-49-51(45,46)48-36-35-42(3,4)5)50-41(44)34-32-30-28-26-23-19-17-15-13-11-9-7-2/h8,10,12,14-18,20-21,39H,6-7,9,11,13,19,22-38H2,1-5H3/p+1/b10-8+,14-12+,17-15+,18-16+,21-20+/t39-/m1/s1. The Balaban J connectivity index is 4.49. The molecule has 0 amide bonds. The van der Waals surface area contributed by atoms with Gasteiger partial charge in [0.05, 0.1) is 27.7 Å². The van der Waals surface area contributed by atoms with Crippen LogP contribution >= 0.6 is 7.82 Å². The van der Waals surface area contributed by atoms with Gasteiger partial charge >= 0.3 is 19.8 Å². The van der Waals surface area contributed by atoms with E-state index < -0.39 is 32.5 Å². The van der Waals surface area contributed by atoms with Crippen molar-refractivity contribution < 1.29 is 42.1 Å². The van der Waals surface area contributed by atoms with Crippen LogP contribution in [0, 0.1) is 0 Å². The molecule has 1 unspecified atom stereocenters. The van der Waals surface area contributed by atoms with Crippen molar-refractivity contribution in [3.8, 4) is 0 Å². The molecule has 0 fully saturated rings. The number of rotatable bonds is 34. The van der Waals surface area contributed by atoms with Gasteiger partial charge < -0.3 is 18.9 Å². The molecule has 0 rings (SSSR count). The first kappa shape index (κ1) is 48.7. The maximum Gasteiger partial charge on any atom is 0.472 e. The molecule has 0 bridgehead atoms. The first-order chi connectivity index (χ1) is 24.5. The number of esters is 2. The first-order valence-corrected chi connectivity index (χ1v) is 21.1. The zero-order chi connectivity index (χ0) is 37.9. The van der Waals surface area contributed by atoms with Gasteiger partial charge in [0, 0.05) is 12.8 Å². The lowest BCUT2D eigenvalue weighted by molar-refractivity contribution is -0.870. The van der Waals surface area contributed by atoms with Crippen LogP contribution in [0.4, 0.5) is 0 Å². The lowest BCUT2D eigenvalue weighted by Crippen LogP contribution is -2.37. The molecule has 0 aromatic rings. The molecule has 10 heteroatoms. The Morgan fingerprint density at radius 2 is 1.14 bits per heavy atom. The summed E-state index contributed by atoms with van der Waals surface area (Å²) >= 11 is 0. The molecule has 2 atom stereocenters. The van der Waals surface area contributed by atoms with Crippen molar-refractivity contribution in [2.45, 2.75) is 142 Å². The number of ether oxygens (including phenoxy) is 2. The number of quaternary nitrogens is 1. The van der Waals surface area contributed by atoms with E-state index in [4.69, 9.17) is 18.5 Å². The van der Waals surface area contributed by atoms with E-state index in [1.165, 1.54) is 19.3 Å². The zero-order valence-electron chi connectivity index (χ0n) is 32.8. The molecule has 0 spiro atoms. The minimum atomic E-state index is -4.38. The molecule has 0 heterocycles. The molecule has 0 aliphatic rings. The van der Waals surface area contributed by atoms with Crippen LogP contribution in [-0.4, -0.2) is 74.9 Å². The third-order valence-electron chi connectivity index (χ3n) is 7.88. The van der Waals surface area contributed by atoms with Crippen molar-refractivity contribution in [2.24, 2.45) is 0 Å². The fourth-order valence-electron chi connectivity index (χ4n) is 4.78. The highest BCUT2D eigenvalue weighted by Crippen LogP contribution is 2.43. The van der Waals surface area contributed by atoms with Crippen LogP contribution in [0.25, 0.3) is 0 Å². The molecule has 0 radical (unpaired) electrons. The van der Waals surface area contributed by atoms with Crippen LogP contribution in [0.15, 0.2) is 60.8 Å². The van der Waals surface area contributed by atoms with E-state index in [-0.39, 0.29) is 26.1 Å². The summed E-state index contributed by atoms with van der Waals surface area (Å²) < 4.78 is 34.1. The molecule has 294 valence electrons. The van der Waals surface area contributed by atoms with E-state index in [0.717, 1.165) is 77.0 Å². The number of carbonyl (C=O) groups excluding carboxylic acids is 2. The maximum absolute atomic E-state index is 12.6. The Morgan fingerprint density at radius 3 is 1.73 bits per heavy atom. The van der Waals surface area contributed by atoms with Crippen LogP contribution < -0.4 is 0 Å². The fraction of sp³-hybridized carbons (Fsp3) is 0.707. The quantitative estimate of drug-likeness (QED) is 0.0174. The summed E-state index contributed by atoms with van der Waals surface area (Å²) in [4.78, 5) is 35.2. The van der Waals surface area contributed by atoms with Gasteiger partial charge in [-0.1, -0.05) is 126 Å². The molecule has 9 nitrogen and oxygen atoms in total. The van der Waals surface area contributed by atoms with Crippen LogP contribution in [0.2, 0.25) is 0 Å². The van der Waals surface area contributed by atoms with Crippen LogP contribution in [-0.2, 0) is 32.7 Å². The van der Waals surface area contributed by atoms with Crippen molar-refractivity contribution >= 4 is 19.8 Å². The molecule has 51 heavy (non-hydrogen) atoms. The topological polar surface area (TPSA) is 108 Å². The second kappa shape index (κ2) is 33.5. The predicted molar refractivity (Wildman–Crippen MR) is 210 cm³/mol. The average Bonchev–Trinajstić information content (AvgIpc) is 3.07. The number of unbranched alkanes of at least 4 members (excludes halogenated alkanes) is 13. The predicted octanol–water partition coefficient (Wildman–Crippen LogP) is 10.5. The molecule has 1 N–H and O–H groups in total. The van der Waals surface area contributed by atoms with Crippen molar-refractivity contribution in [3.05, 3.63) is 60.8 Å². The number of phosphoric acid groups is 1. The minimum Gasteiger partial charge on any atom is -0.462 e. The lowest BCUT2D eigenvalue weighted by atomic mass is 10.1. The summed E-state index contributed by atoms with van der Waals surface area (Å²) in [6, 6.07) is 0. The highest BCUT2D eigenvalue weighted by atomic mass is 31.2. The summed E-state index contributed by atoms with van der Waals surface area (Å²) in [5.41, 5.74) is 0. The summed E-state index contributed by atoms with van der Waals surface area (Å²) in [6.45, 7) is 4.19. The van der Waals surface area contributed by atoms with Gasteiger partial charge in [-0.15, -0.1) is 0 Å². The minimum absolute atomic E-state index is 0.0231. The zero-order valence-corrected chi connectivity index (χ0v) is 33.7. The van der Waals surface area contributed by atoms with Gasteiger partial charge in [0.15, 0.2) is 6.10 Å². The lowest BCUT2D eigenvalue weighted by Gasteiger charge is -2.24. The van der Waals surface area contributed by atoms with Crippen molar-refractivity contribution in [3.63, 3.8) is 0 Å². The third-order valence-corrected chi connectivity index (χ3v) is 8.86. The fourth-order valence-corrected chi connectivity index (χ4v) is 5.52. The van der Waals surface area contributed by atoms with Crippen molar-refractivity contribution in [1.82, 2.24) is 0 Å². The number of nitrogens with zero attached hydrogens (tertiary/aromatic N) is 1. The molecule has 0 aliphatic heterocycles. The molecule has 0 aromatic carbocycles. The van der Waals surface area contributed by atoms with E-state index in [9.17, 15) is 19.0 Å². The Hall–Kier alpha value is -2.29. The molecule has 0 aromatic heterocycles. The van der Waals surface area contributed by atoms with Gasteiger partial charge in [0.1, 0.15) is 19.8 Å². The normalized spacial score (nSPS) is 14.4. The van der Waals surface area contributed by atoms with Gasteiger partial charge in [-0.05, 0) is 57.8 Å². The average molecular weight is 739 g/mol. The Labute approximate surface area is 311 Å². The van der Waals surface area contributed by atoms with Gasteiger partial charge in [0.2, 0.25) is 0 Å². The highest BCUT2D eigenvalue weighted by Gasteiger charge is 2.27. The van der Waals surface area contributed by atoms with Gasteiger partial charge in [-0.3, -0.25) is 18.6 Å². The molecule has 0 saturated heterocycles. The Kier molecular flexibility index (Phi) is 32.0. The second-order valence-electron chi connectivity index (χ2n) is 14.0. The second-order valence-corrected chi connectivity index (χ2v) is 15.5. The third kappa shape index (κ3) is 37.3. The number of allylic oxidation sites excluding steroid dienone is 10. The molecule has 0 saturated carbocycles. The summed E-state index contributed by atoms with van der Waals surface area (Å²) in [5.74, 6) is -0.844. The van der Waals surface area contributed by atoms with E-state index >= 15 is 0 Å². The Bertz CT molecular complexity index is 1060. The SMILES string of the molecule is CC/C=C/C=C/C=C/C=C/CCCCCCCC(=O)OC[C@H](COP(=O)(O)OCC[N+](C)(C)C)OC(=O)CCCCCCC/C=C/CCCCC. The van der Waals surface area contributed by atoms with Gasteiger partial charge in [-0.25, -0.2) is 4.57 Å². The number of carbonyl (C=O) groups is 2. The van der Waals surface area contributed by atoms with Crippen molar-refractivity contribution in [2.75, 3.05) is 47.5 Å². The monoisotopic (exact) mass is 739 g/mol. The van der Waals surface area contributed by atoms with Crippen LogP contribution in [0.5, 0.6) is 0 Å². The van der Waals surface area contributed by atoms with E-state index in [1.807, 2.05) is 51.5 Å². The highest BCUT2D eigenvalue weighted by molar-refractivity contribution is 7.47. The van der Waals surface area contributed by atoms with E-state index in [1.54, 1.807) is 0 Å². The van der Waals surface area contributed by atoms with Crippen LogP contribution in [0.3, 0.4) is 0 Å². The maximum atomic E-state index is 12.6. The molecule has 0 aliphatic carbocycles. The Morgan fingerprint density at radius 1 is 0.627 bits per heavy atom. The first-order valence-electron chi connectivity index (χ1n) is 19.6. The van der Waals surface area contributed by atoms with Gasteiger partial charge in [-0.2, -0.15) is 0 Å². The number of likely N-dealkylation sites (N-methyl/N-ethyl adjacent to an activating group) is 1. The van der Waals surface area contributed by atoms with Gasteiger partial charge in [0.25, 0.3) is 0 Å². The summed E-state index contributed by atoms with van der Waals surface area (Å²) in [5, 5.41) is 0. The number of hydrogen-bond donors (Lipinski definition) is 1. The number of hydrogen-bond acceptors (Lipinski definition) is 7.